The minimum absolute atomic E-state index is 0.112. The van der Waals surface area contributed by atoms with Crippen molar-refractivity contribution in [2.45, 2.75) is 118 Å². The highest BCUT2D eigenvalue weighted by Crippen LogP contribution is 2.37. The number of pyridine rings is 3. The van der Waals surface area contributed by atoms with Gasteiger partial charge in [0, 0.05) is 71.9 Å². The minimum Gasteiger partial charge on any atom is -0.478 e. The summed E-state index contributed by atoms with van der Waals surface area (Å²) in [6.07, 6.45) is 4.96. The van der Waals surface area contributed by atoms with E-state index in [0.29, 0.717) is 24.4 Å². The molecule has 17 nitrogen and oxygen atoms in total. The smallest absolute Gasteiger partial charge is 0.478 e. The number of aromatic amines is 1. The molecule has 0 aliphatic carbocycles. The van der Waals surface area contributed by atoms with Gasteiger partial charge in [0.25, 0.3) is 17.7 Å². The number of aromatic nitrogens is 3. The molecule has 11 aromatic rings. The standard InChI is InChI=1S/C23H21ClF2N2O2.C19H13ClF2N2O2.C15H24BNO3.C14H9BrClF2NO.C7H8BrN.C7H3ClF2O2/c1-23(2,3)30-19-12-16(10-11-27-19)15-6-4-14(5-7-15)13-28-22(29)20-17(25)8-9-18(26)21(20)24;20-18-15(22)6-5-14(21)17(18)19(26)24-10-11-1-3-12(4-2-11)13-7-8-23-16(25)9-13;1-13(2,3)18-12-10-11(8-9-17-12)16-19-14(4,5)15(6,7)20-16;15-9-3-1-8(2-4-9)7-19-14(20)12-10(17)5-6-11(18)13(12)16;8-7-3-1-6(5-9)2-4-7;8-6-4(10)2-1-3(9)5(6)7(11)12/h4-12H,13H2,1-3H3,(H,28,29);1-9H,10H2,(H,23,25)(H,24,26);8-10H,1-7H3;1-6H,7H2,(H,19,20);1-4H,5,9H2;1-2H,(H,11,12). The fraction of sp³-hybridized carbons (Fsp3) is 0.212. The van der Waals surface area contributed by atoms with Crippen LogP contribution in [-0.2, 0) is 35.5 Å². The number of halogens is 14. The van der Waals surface area contributed by atoms with E-state index in [1.807, 2.05) is 154 Å². The van der Waals surface area contributed by atoms with E-state index in [1.165, 1.54) is 11.6 Å². The second-order valence-corrected chi connectivity index (χ2v) is 31.7. The highest BCUT2D eigenvalue weighted by molar-refractivity contribution is 9.10. The van der Waals surface area contributed by atoms with E-state index in [0.717, 1.165) is 95.8 Å². The molecule has 0 bridgehead atoms. The zero-order valence-electron chi connectivity index (χ0n) is 64.3. The third-order valence-electron chi connectivity index (χ3n) is 16.7. The second kappa shape index (κ2) is 42.4. The van der Waals surface area contributed by atoms with Crippen molar-refractivity contribution in [3.8, 4) is 34.0 Å². The summed E-state index contributed by atoms with van der Waals surface area (Å²) >= 11 is 28.8. The molecular formula is C85H78BBr2Cl4F8N7O10. The molecule has 32 heteroatoms. The van der Waals surface area contributed by atoms with Crippen LogP contribution in [0.4, 0.5) is 35.1 Å². The molecule has 1 saturated heterocycles. The topological polar surface area (TPSA) is 246 Å². The van der Waals surface area contributed by atoms with Crippen LogP contribution in [-0.4, -0.2) is 73.3 Å². The number of nitrogens with one attached hydrogen (secondary N) is 4. The Morgan fingerprint density at radius 2 is 0.769 bits per heavy atom. The van der Waals surface area contributed by atoms with Crippen LogP contribution in [0.3, 0.4) is 0 Å². The summed E-state index contributed by atoms with van der Waals surface area (Å²) in [4.78, 5) is 68.9. The van der Waals surface area contributed by atoms with Crippen LogP contribution in [0, 0.1) is 46.5 Å². The molecule has 12 rings (SSSR count). The van der Waals surface area contributed by atoms with Crippen LogP contribution in [0.1, 0.15) is 133 Å². The van der Waals surface area contributed by atoms with Crippen LogP contribution in [0.25, 0.3) is 22.3 Å². The third kappa shape index (κ3) is 28.1. The molecule has 0 saturated carbocycles. The number of amides is 3. The Balaban J connectivity index is 0.000000201. The number of carboxylic acids is 1. The summed E-state index contributed by atoms with van der Waals surface area (Å²) in [5.74, 6) is -9.96. The summed E-state index contributed by atoms with van der Waals surface area (Å²) in [6, 6.07) is 47.3. The van der Waals surface area contributed by atoms with Gasteiger partial charge in [-0.1, -0.05) is 151 Å². The fourth-order valence-electron chi connectivity index (χ4n) is 10.1. The van der Waals surface area contributed by atoms with E-state index in [1.54, 1.807) is 61.1 Å². The lowest BCUT2D eigenvalue weighted by Crippen LogP contribution is -2.41. The van der Waals surface area contributed by atoms with E-state index < -0.39 is 113 Å². The molecule has 8 aromatic carbocycles. The van der Waals surface area contributed by atoms with Crippen LogP contribution in [0.5, 0.6) is 11.8 Å². The summed E-state index contributed by atoms with van der Waals surface area (Å²) < 4.78 is 132. The Hall–Kier alpha value is -10.0. The highest BCUT2D eigenvalue weighted by Gasteiger charge is 2.52. The molecule has 614 valence electrons. The predicted molar refractivity (Wildman–Crippen MR) is 445 cm³/mol. The molecular weight excluding hydrogens is 1740 g/mol. The second-order valence-electron chi connectivity index (χ2n) is 28.3. The van der Waals surface area contributed by atoms with Crippen molar-refractivity contribution >= 4 is 115 Å². The van der Waals surface area contributed by atoms with Crippen molar-refractivity contribution in [1.82, 2.24) is 30.9 Å². The molecule has 117 heavy (non-hydrogen) atoms. The highest BCUT2D eigenvalue weighted by atomic mass is 79.9. The van der Waals surface area contributed by atoms with Gasteiger partial charge < -0.3 is 50.6 Å². The Morgan fingerprint density at radius 3 is 1.11 bits per heavy atom. The number of carboxylic acid groups (broad SMARTS) is 1. The van der Waals surface area contributed by atoms with Crippen LogP contribution in [0.2, 0.25) is 20.1 Å². The molecule has 3 aromatic heterocycles. The lowest BCUT2D eigenvalue weighted by Gasteiger charge is -2.32. The molecule has 0 atom stereocenters. The van der Waals surface area contributed by atoms with Crippen LogP contribution < -0.4 is 42.2 Å². The maximum absolute atomic E-state index is 13.9. The third-order valence-corrected chi connectivity index (χ3v) is 19.2. The average molecular weight is 1820 g/mol. The van der Waals surface area contributed by atoms with Gasteiger partial charge in [0.05, 0.1) is 48.0 Å². The Kier molecular flexibility index (Phi) is 34.1. The minimum atomic E-state index is -1.59. The lowest BCUT2D eigenvalue weighted by atomic mass is 9.80. The number of hydrogen-bond donors (Lipinski definition) is 6. The van der Waals surface area contributed by atoms with Gasteiger partial charge in [0.1, 0.15) is 63.3 Å². The average Bonchev–Trinajstić information content (AvgIpc) is 1.63. The Labute approximate surface area is 707 Å². The van der Waals surface area contributed by atoms with Gasteiger partial charge in [-0.25, -0.2) is 49.9 Å². The number of ether oxygens (including phenoxy) is 2. The van der Waals surface area contributed by atoms with Gasteiger partial charge in [-0.2, -0.15) is 0 Å². The molecule has 1 aliphatic heterocycles. The first-order valence-electron chi connectivity index (χ1n) is 35.3. The molecule has 1 fully saturated rings. The van der Waals surface area contributed by atoms with Crippen molar-refractivity contribution in [2.75, 3.05) is 0 Å². The number of rotatable bonds is 16. The normalized spacial score (nSPS) is 12.4. The first-order chi connectivity index (χ1) is 54.9. The first-order valence-corrected chi connectivity index (χ1v) is 38.4. The van der Waals surface area contributed by atoms with E-state index in [2.05, 4.69) is 62.8 Å². The lowest BCUT2D eigenvalue weighted by molar-refractivity contribution is 0.00578. The van der Waals surface area contributed by atoms with Crippen molar-refractivity contribution < 1.29 is 78.2 Å². The molecule has 0 unspecified atom stereocenters. The largest absolute Gasteiger partial charge is 0.495 e. The summed E-state index contributed by atoms with van der Waals surface area (Å²) in [5.41, 5.74) is 9.48. The number of nitrogens with zero attached hydrogens (tertiary/aromatic N) is 2. The SMILES string of the molecule is CC(C)(C)Oc1cc(-c2ccc(CNC(=O)c3c(F)ccc(F)c3Cl)cc2)ccn1.CC(C)(C)Oc1cc(B2OC(C)(C)C(C)(C)O2)ccn1.NCc1ccc(Br)cc1.O=C(NCc1ccc(-c2cc[nH]c(=O)c2)cc1)c1c(F)ccc(F)c1Cl.O=C(NCc1ccc(Br)cc1)c1c(F)ccc(F)c1Cl.O=C(O)c1c(F)ccc(F)c1Cl. The van der Waals surface area contributed by atoms with Gasteiger partial charge in [-0.3, -0.25) is 19.2 Å². The fourth-order valence-corrected chi connectivity index (χ4v) is 11.6. The van der Waals surface area contributed by atoms with Crippen molar-refractivity contribution in [2.24, 2.45) is 5.73 Å². The molecule has 4 heterocycles. The number of carbonyl (C=O) groups excluding carboxylic acids is 3. The molecule has 0 spiro atoms. The Morgan fingerprint density at radius 1 is 0.453 bits per heavy atom. The van der Waals surface area contributed by atoms with E-state index in [4.69, 9.17) is 76.0 Å². The number of H-pyrrole nitrogens is 1. The molecule has 7 N–H and O–H groups in total. The summed E-state index contributed by atoms with van der Waals surface area (Å²) in [6.45, 7) is 21.1. The Bertz CT molecular complexity index is 5350. The van der Waals surface area contributed by atoms with E-state index in [9.17, 15) is 59.1 Å². The van der Waals surface area contributed by atoms with Crippen molar-refractivity contribution in [3.63, 3.8) is 0 Å². The summed E-state index contributed by atoms with van der Waals surface area (Å²) in [7, 11) is -0.384. The maximum atomic E-state index is 13.9. The molecule has 3 amide bonds. The molecule has 0 radical (unpaired) electrons. The number of hydrogen-bond acceptors (Lipinski definition) is 12. The molecule has 1 aliphatic rings. The van der Waals surface area contributed by atoms with E-state index in [-0.39, 0.29) is 54.7 Å². The van der Waals surface area contributed by atoms with Gasteiger partial charge >= 0.3 is 13.1 Å². The van der Waals surface area contributed by atoms with Crippen molar-refractivity contribution in [1.29, 1.82) is 0 Å². The quantitative estimate of drug-likeness (QED) is 0.0300. The number of benzene rings is 8. The first kappa shape index (κ1) is 94.1. The van der Waals surface area contributed by atoms with Crippen LogP contribution in [0.15, 0.2) is 214 Å². The number of carbonyl (C=O) groups is 4. The van der Waals surface area contributed by atoms with Gasteiger partial charge in [0.2, 0.25) is 17.3 Å². The van der Waals surface area contributed by atoms with Gasteiger partial charge in [-0.05, 0) is 210 Å². The number of aromatic carboxylic acids is 1. The van der Waals surface area contributed by atoms with Crippen LogP contribution >= 0.6 is 78.3 Å². The predicted octanol–water partition coefficient (Wildman–Crippen LogP) is 20.8. The monoisotopic (exact) mass is 1820 g/mol. The number of nitrogens with two attached hydrogens (primary N) is 1. The zero-order valence-corrected chi connectivity index (χ0v) is 70.5. The zero-order chi connectivity index (χ0) is 86.4. The maximum Gasteiger partial charge on any atom is 0.495 e. The summed E-state index contributed by atoms with van der Waals surface area (Å²) in [5, 5.41) is 13.6. The van der Waals surface area contributed by atoms with Gasteiger partial charge in [-0.15, -0.1) is 0 Å². The van der Waals surface area contributed by atoms with Crippen molar-refractivity contribution in [3.05, 3.63) is 331 Å². The van der Waals surface area contributed by atoms with Gasteiger partial charge in [0.15, 0.2) is 0 Å². The van der Waals surface area contributed by atoms with E-state index >= 15 is 0 Å².